The number of rotatable bonds is 5. The van der Waals surface area contributed by atoms with Crippen LogP contribution in [0.25, 0.3) is 0 Å². The second-order valence-electron chi connectivity index (χ2n) is 9.13. The van der Waals surface area contributed by atoms with Crippen LogP contribution in [0.2, 0.25) is 0 Å². The normalized spacial score (nSPS) is 24.1. The third-order valence-electron chi connectivity index (χ3n) is 5.04. The molecule has 0 aromatic rings. The third-order valence-corrected chi connectivity index (χ3v) is 5.04. The maximum Gasteiger partial charge on any atom is 0.410 e. The van der Waals surface area contributed by atoms with Crippen LogP contribution in [0.5, 0.6) is 0 Å². The summed E-state index contributed by atoms with van der Waals surface area (Å²) in [5.41, 5.74) is -0.522. The number of piperidine rings is 1. The molecule has 0 spiro atoms. The van der Waals surface area contributed by atoms with Crippen molar-refractivity contribution in [2.24, 2.45) is 10.9 Å². The SMILES string of the molecule is CCNC(=NCC1CCCN(C(=O)OC(C)(C)C)C1)NC1CCN(CC(F)(F)F)C1. The van der Waals surface area contributed by atoms with E-state index in [4.69, 9.17) is 4.74 Å². The van der Waals surface area contributed by atoms with E-state index in [2.05, 4.69) is 15.6 Å². The highest BCUT2D eigenvalue weighted by atomic mass is 19.4. The van der Waals surface area contributed by atoms with Gasteiger partial charge in [-0.15, -0.1) is 0 Å². The monoisotopic (exact) mass is 435 g/mol. The van der Waals surface area contributed by atoms with Crippen LogP contribution in [-0.4, -0.2) is 85.5 Å². The molecule has 1 amide bonds. The summed E-state index contributed by atoms with van der Waals surface area (Å²) in [5, 5.41) is 6.43. The van der Waals surface area contributed by atoms with Crippen molar-refractivity contribution in [3.63, 3.8) is 0 Å². The van der Waals surface area contributed by atoms with E-state index in [0.29, 0.717) is 51.6 Å². The van der Waals surface area contributed by atoms with Crippen molar-refractivity contribution < 1.29 is 22.7 Å². The number of carbonyl (C=O) groups excluding carboxylic acids is 1. The second kappa shape index (κ2) is 10.5. The fourth-order valence-corrected chi connectivity index (χ4v) is 3.79. The molecule has 0 aromatic heterocycles. The Kier molecular flexibility index (Phi) is 8.63. The van der Waals surface area contributed by atoms with E-state index in [1.807, 2.05) is 27.7 Å². The summed E-state index contributed by atoms with van der Waals surface area (Å²) in [6.07, 6.45) is -1.94. The zero-order valence-corrected chi connectivity index (χ0v) is 18.5. The van der Waals surface area contributed by atoms with Crippen molar-refractivity contribution in [2.45, 2.75) is 64.8 Å². The minimum Gasteiger partial charge on any atom is -0.444 e. The zero-order valence-electron chi connectivity index (χ0n) is 18.5. The molecule has 2 atom stereocenters. The van der Waals surface area contributed by atoms with Crippen LogP contribution >= 0.6 is 0 Å². The molecule has 2 aliphatic heterocycles. The molecule has 10 heteroatoms. The van der Waals surface area contributed by atoms with Gasteiger partial charge in [0.2, 0.25) is 0 Å². The number of nitrogens with one attached hydrogen (secondary N) is 2. The molecule has 0 aliphatic carbocycles. The van der Waals surface area contributed by atoms with Crippen molar-refractivity contribution in [1.82, 2.24) is 20.4 Å². The summed E-state index contributed by atoms with van der Waals surface area (Å²) >= 11 is 0. The Labute approximate surface area is 177 Å². The summed E-state index contributed by atoms with van der Waals surface area (Å²) in [7, 11) is 0. The quantitative estimate of drug-likeness (QED) is 0.513. The van der Waals surface area contributed by atoms with E-state index in [1.54, 1.807) is 4.90 Å². The van der Waals surface area contributed by atoms with Crippen molar-refractivity contribution in [3.8, 4) is 0 Å². The molecule has 0 saturated carbocycles. The number of ether oxygens (including phenoxy) is 1. The zero-order chi connectivity index (χ0) is 22.4. The average Bonchev–Trinajstić information content (AvgIpc) is 3.03. The summed E-state index contributed by atoms with van der Waals surface area (Å²) in [6.45, 7) is 9.90. The van der Waals surface area contributed by atoms with Gasteiger partial charge in [-0.3, -0.25) is 9.89 Å². The van der Waals surface area contributed by atoms with E-state index in [0.717, 1.165) is 12.8 Å². The fraction of sp³-hybridized carbons (Fsp3) is 0.900. The smallest absolute Gasteiger partial charge is 0.410 e. The Morgan fingerprint density at radius 2 is 1.90 bits per heavy atom. The van der Waals surface area contributed by atoms with Gasteiger partial charge in [0.1, 0.15) is 5.60 Å². The van der Waals surface area contributed by atoms with Gasteiger partial charge < -0.3 is 20.3 Å². The summed E-state index contributed by atoms with van der Waals surface area (Å²) in [5.74, 6) is 0.845. The standard InChI is InChI=1S/C20H36F3N5O2/c1-5-24-17(26-16-8-10-27(13-16)14-20(21,22)23)25-11-15-7-6-9-28(12-15)18(29)30-19(2,3)4/h15-16H,5-14H2,1-4H3,(H2,24,25,26). The number of hydrogen-bond acceptors (Lipinski definition) is 4. The lowest BCUT2D eigenvalue weighted by Gasteiger charge is -2.33. The number of carbonyl (C=O) groups is 1. The molecule has 2 fully saturated rings. The summed E-state index contributed by atoms with van der Waals surface area (Å²) in [6, 6.07) is -0.0604. The van der Waals surface area contributed by atoms with Gasteiger partial charge >= 0.3 is 12.3 Å². The van der Waals surface area contributed by atoms with Gasteiger partial charge in [0, 0.05) is 45.3 Å². The second-order valence-corrected chi connectivity index (χ2v) is 9.13. The van der Waals surface area contributed by atoms with Gasteiger partial charge in [-0.1, -0.05) is 0 Å². The summed E-state index contributed by atoms with van der Waals surface area (Å²) < 4.78 is 43.2. The molecule has 2 N–H and O–H groups in total. The molecular weight excluding hydrogens is 399 g/mol. The number of halogens is 3. The van der Waals surface area contributed by atoms with E-state index in [9.17, 15) is 18.0 Å². The topological polar surface area (TPSA) is 69.2 Å². The third kappa shape index (κ3) is 8.97. The molecule has 0 bridgehead atoms. The molecule has 174 valence electrons. The van der Waals surface area contributed by atoms with Gasteiger partial charge in [0.05, 0.1) is 6.54 Å². The lowest BCUT2D eigenvalue weighted by molar-refractivity contribution is -0.143. The fourth-order valence-electron chi connectivity index (χ4n) is 3.79. The molecule has 7 nitrogen and oxygen atoms in total. The molecule has 0 radical (unpaired) electrons. The first kappa shape index (κ1) is 24.6. The van der Waals surface area contributed by atoms with Gasteiger partial charge in [0.25, 0.3) is 0 Å². The summed E-state index contributed by atoms with van der Waals surface area (Å²) in [4.78, 5) is 20.1. The number of likely N-dealkylation sites (tertiary alicyclic amines) is 2. The Bertz CT molecular complexity index is 592. The van der Waals surface area contributed by atoms with Crippen LogP contribution in [0.4, 0.5) is 18.0 Å². The number of hydrogen-bond donors (Lipinski definition) is 2. The largest absolute Gasteiger partial charge is 0.444 e. The first-order valence-corrected chi connectivity index (χ1v) is 10.8. The van der Waals surface area contributed by atoms with Gasteiger partial charge in [-0.05, 0) is 52.9 Å². The van der Waals surface area contributed by atoms with Crippen molar-refractivity contribution in [1.29, 1.82) is 0 Å². The number of aliphatic imine (C=N–C) groups is 1. The highest BCUT2D eigenvalue weighted by Gasteiger charge is 2.34. The number of guanidine groups is 1. The first-order valence-electron chi connectivity index (χ1n) is 10.8. The molecule has 2 saturated heterocycles. The molecule has 2 rings (SSSR count). The highest BCUT2D eigenvalue weighted by molar-refractivity contribution is 5.80. The molecule has 30 heavy (non-hydrogen) atoms. The Hall–Kier alpha value is -1.71. The van der Waals surface area contributed by atoms with E-state index < -0.39 is 18.3 Å². The molecule has 2 aliphatic rings. The van der Waals surface area contributed by atoms with Crippen molar-refractivity contribution in [2.75, 3.05) is 45.8 Å². The van der Waals surface area contributed by atoms with Crippen LogP contribution in [0.15, 0.2) is 4.99 Å². The van der Waals surface area contributed by atoms with Gasteiger partial charge in [-0.25, -0.2) is 4.79 Å². The number of amides is 1. The maximum absolute atomic E-state index is 12.6. The van der Waals surface area contributed by atoms with E-state index in [1.165, 1.54) is 4.90 Å². The van der Waals surface area contributed by atoms with Gasteiger partial charge in [-0.2, -0.15) is 13.2 Å². The number of alkyl halides is 3. The van der Waals surface area contributed by atoms with Crippen LogP contribution in [0.3, 0.4) is 0 Å². The van der Waals surface area contributed by atoms with Gasteiger partial charge in [0.15, 0.2) is 5.96 Å². The lowest BCUT2D eigenvalue weighted by atomic mass is 9.98. The molecule has 2 heterocycles. The van der Waals surface area contributed by atoms with Crippen LogP contribution < -0.4 is 10.6 Å². The Morgan fingerprint density at radius 1 is 1.17 bits per heavy atom. The van der Waals surface area contributed by atoms with E-state index in [-0.39, 0.29) is 18.1 Å². The predicted molar refractivity (Wildman–Crippen MR) is 111 cm³/mol. The van der Waals surface area contributed by atoms with Crippen molar-refractivity contribution >= 4 is 12.1 Å². The highest BCUT2D eigenvalue weighted by Crippen LogP contribution is 2.21. The Morgan fingerprint density at radius 3 is 2.53 bits per heavy atom. The van der Waals surface area contributed by atoms with Crippen LogP contribution in [-0.2, 0) is 4.74 Å². The maximum atomic E-state index is 12.6. The minimum atomic E-state index is -4.17. The van der Waals surface area contributed by atoms with Crippen molar-refractivity contribution in [3.05, 3.63) is 0 Å². The van der Waals surface area contributed by atoms with Crippen LogP contribution in [0.1, 0.15) is 47.0 Å². The molecule has 2 unspecified atom stereocenters. The first-order chi connectivity index (χ1) is 13.9. The Balaban J connectivity index is 1.86. The van der Waals surface area contributed by atoms with E-state index >= 15 is 0 Å². The lowest BCUT2D eigenvalue weighted by Crippen LogP contribution is -2.46. The average molecular weight is 436 g/mol. The molecular formula is C20H36F3N5O2. The predicted octanol–water partition coefficient (Wildman–Crippen LogP) is 2.83. The minimum absolute atomic E-state index is 0.0604. The molecule has 0 aromatic carbocycles. The van der Waals surface area contributed by atoms with Crippen LogP contribution in [0, 0.1) is 5.92 Å². The number of nitrogens with zero attached hydrogens (tertiary/aromatic N) is 3.